The van der Waals surface area contributed by atoms with Crippen molar-refractivity contribution >= 4 is 45.4 Å². The van der Waals surface area contributed by atoms with Crippen LogP contribution in [0.2, 0.25) is 6.82 Å². The summed E-state index contributed by atoms with van der Waals surface area (Å²) in [6.07, 6.45) is 3.14. The monoisotopic (exact) mass is 522 g/mol. The highest BCUT2D eigenvalue weighted by Gasteiger charge is 2.34. The second kappa shape index (κ2) is 12.9. The number of nitrogens with one attached hydrogen (secondary N) is 1. The third-order valence-corrected chi connectivity index (χ3v) is 7.15. The summed E-state index contributed by atoms with van der Waals surface area (Å²) in [6, 6.07) is 6.30. The number of aryl methyl sites for hydroxylation is 1. The predicted molar refractivity (Wildman–Crippen MR) is 153 cm³/mol. The molecule has 196 valence electrons. The summed E-state index contributed by atoms with van der Waals surface area (Å²) in [6.45, 7) is 14.7. The van der Waals surface area contributed by atoms with Gasteiger partial charge in [-0.1, -0.05) is 46.7 Å². The number of aromatic nitrogens is 4. The van der Waals surface area contributed by atoms with Gasteiger partial charge in [-0.2, -0.15) is 0 Å². The fraction of sp³-hybridized carbons (Fsp3) is 0.462. The minimum atomic E-state index is -0.425. The second-order valence-corrected chi connectivity index (χ2v) is 8.98. The first kappa shape index (κ1) is 28.4. The SMILES string of the molecule is CC.CC.Cc1cccc2c1N1CCN(Cn3c(=O)[nH]c4c(sc5nccnc54)c3=O)CC1CO2.[B]C. The maximum absolute atomic E-state index is 13.1. The number of piperazine rings is 1. The quantitative estimate of drug-likeness (QED) is 0.400. The number of ether oxygens (including phenoxy) is 1. The molecule has 2 radical (unpaired) electrons. The maximum atomic E-state index is 13.1. The van der Waals surface area contributed by atoms with Crippen molar-refractivity contribution in [1.82, 2.24) is 24.4 Å². The van der Waals surface area contributed by atoms with Gasteiger partial charge in [0.2, 0.25) is 0 Å². The van der Waals surface area contributed by atoms with Crippen LogP contribution in [0.5, 0.6) is 5.75 Å². The molecule has 5 heterocycles. The van der Waals surface area contributed by atoms with Crippen LogP contribution in [0.15, 0.2) is 40.2 Å². The van der Waals surface area contributed by atoms with Crippen LogP contribution in [-0.4, -0.2) is 64.5 Å². The van der Waals surface area contributed by atoms with Crippen molar-refractivity contribution in [2.45, 2.75) is 54.2 Å². The first-order chi connectivity index (χ1) is 18.1. The lowest BCUT2D eigenvalue weighted by Crippen LogP contribution is -2.58. The van der Waals surface area contributed by atoms with E-state index in [4.69, 9.17) is 4.74 Å². The Balaban J connectivity index is 0.000000593. The summed E-state index contributed by atoms with van der Waals surface area (Å²) in [4.78, 5) is 42.4. The van der Waals surface area contributed by atoms with Gasteiger partial charge in [0.25, 0.3) is 5.56 Å². The topological polar surface area (TPSA) is 96.4 Å². The third-order valence-electron chi connectivity index (χ3n) is 6.07. The molecule has 0 spiro atoms. The molecule has 0 amide bonds. The number of fused-ring (bicyclic) bond motifs is 6. The Morgan fingerprint density at radius 3 is 2.59 bits per heavy atom. The van der Waals surface area contributed by atoms with Crippen molar-refractivity contribution in [2.75, 3.05) is 31.1 Å². The highest BCUT2D eigenvalue weighted by atomic mass is 32.1. The molecule has 0 bridgehead atoms. The van der Waals surface area contributed by atoms with Gasteiger partial charge in [-0.3, -0.25) is 9.69 Å². The van der Waals surface area contributed by atoms with Crippen LogP contribution in [0.1, 0.15) is 33.3 Å². The number of nitrogens with zero attached hydrogens (tertiary/aromatic N) is 5. The molecule has 0 aliphatic carbocycles. The van der Waals surface area contributed by atoms with E-state index in [0.717, 1.165) is 24.5 Å². The smallest absolute Gasteiger partial charge is 0.330 e. The average molecular weight is 522 g/mol. The van der Waals surface area contributed by atoms with E-state index < -0.39 is 5.69 Å². The highest BCUT2D eigenvalue weighted by molar-refractivity contribution is 7.25. The minimum absolute atomic E-state index is 0.179. The van der Waals surface area contributed by atoms with Crippen LogP contribution >= 0.6 is 11.3 Å². The Kier molecular flexibility index (Phi) is 9.88. The van der Waals surface area contributed by atoms with Gasteiger partial charge in [-0.25, -0.2) is 19.3 Å². The van der Waals surface area contributed by atoms with E-state index in [2.05, 4.69) is 45.6 Å². The lowest BCUT2D eigenvalue weighted by atomic mass is 10.1. The standard InChI is InChI=1S/C21H20N6O3S.2C2H6.CH3B/c1-12-3-2-4-14-17(12)26-8-7-25(9-13(26)10-30-14)11-27-20(28)18-15(24-21(27)29)16-19(31-18)23-6-5-22-16;3*1-2/h2-6,13H,7-11H2,1H3,(H,24,29);2*1-2H3;1H3. The Hall–Kier alpha value is -3.18. The molecule has 1 N–H and O–H groups in total. The summed E-state index contributed by atoms with van der Waals surface area (Å²) in [5, 5.41) is 0. The Bertz CT molecular complexity index is 1450. The van der Waals surface area contributed by atoms with Crippen molar-refractivity contribution in [2.24, 2.45) is 0 Å². The fourth-order valence-corrected chi connectivity index (χ4v) is 5.60. The van der Waals surface area contributed by atoms with Gasteiger partial charge < -0.3 is 14.6 Å². The molecule has 2 aliphatic rings. The van der Waals surface area contributed by atoms with Crippen molar-refractivity contribution in [3.05, 3.63) is 57.0 Å². The van der Waals surface area contributed by atoms with Gasteiger partial charge in [0.05, 0.1) is 31.8 Å². The molecule has 37 heavy (non-hydrogen) atoms. The van der Waals surface area contributed by atoms with Gasteiger partial charge >= 0.3 is 5.69 Å². The number of anilines is 1. The average Bonchev–Trinajstić information content (AvgIpc) is 3.33. The van der Waals surface area contributed by atoms with E-state index in [1.165, 1.54) is 28.3 Å². The van der Waals surface area contributed by atoms with Crippen molar-refractivity contribution in [3.8, 4) is 5.75 Å². The number of rotatable bonds is 2. The Morgan fingerprint density at radius 1 is 1.11 bits per heavy atom. The zero-order valence-electron chi connectivity index (χ0n) is 22.4. The van der Waals surface area contributed by atoms with Gasteiger partial charge in [-0.15, -0.1) is 11.3 Å². The summed E-state index contributed by atoms with van der Waals surface area (Å²) in [7, 11) is 4.50. The lowest BCUT2D eigenvalue weighted by Gasteiger charge is -2.46. The molecule has 2 aliphatic heterocycles. The third kappa shape index (κ3) is 5.42. The van der Waals surface area contributed by atoms with Crippen LogP contribution in [0.3, 0.4) is 0 Å². The summed E-state index contributed by atoms with van der Waals surface area (Å²) >= 11 is 1.26. The predicted octanol–water partition coefficient (Wildman–Crippen LogP) is 3.80. The van der Waals surface area contributed by atoms with E-state index in [1.807, 2.05) is 39.8 Å². The summed E-state index contributed by atoms with van der Waals surface area (Å²) < 4.78 is 7.75. The van der Waals surface area contributed by atoms with Crippen molar-refractivity contribution < 1.29 is 4.74 Å². The number of hydrogen-bond donors (Lipinski definition) is 1. The molecule has 6 rings (SSSR count). The molecule has 11 heteroatoms. The van der Waals surface area contributed by atoms with Gasteiger partial charge in [0.15, 0.2) is 0 Å². The van der Waals surface area contributed by atoms with Crippen molar-refractivity contribution in [3.63, 3.8) is 0 Å². The van der Waals surface area contributed by atoms with E-state index >= 15 is 0 Å². The molecule has 3 aromatic heterocycles. The van der Waals surface area contributed by atoms with E-state index in [-0.39, 0.29) is 18.3 Å². The lowest BCUT2D eigenvalue weighted by molar-refractivity contribution is 0.137. The fourth-order valence-electron chi connectivity index (χ4n) is 4.60. The molecule has 1 unspecified atom stereocenters. The van der Waals surface area contributed by atoms with Crippen LogP contribution in [0.4, 0.5) is 5.69 Å². The van der Waals surface area contributed by atoms with Crippen LogP contribution in [0, 0.1) is 6.92 Å². The minimum Gasteiger partial charge on any atom is -0.489 e. The largest absolute Gasteiger partial charge is 0.489 e. The summed E-state index contributed by atoms with van der Waals surface area (Å²) in [5.41, 5.74) is 2.65. The molecule has 4 aromatic rings. The first-order valence-corrected chi connectivity index (χ1v) is 13.6. The number of H-pyrrole nitrogens is 1. The van der Waals surface area contributed by atoms with E-state index in [9.17, 15) is 9.59 Å². The summed E-state index contributed by atoms with van der Waals surface area (Å²) in [5.74, 6) is 0.926. The molecule has 9 nitrogen and oxygen atoms in total. The highest BCUT2D eigenvalue weighted by Crippen LogP contribution is 2.37. The number of benzene rings is 1. The van der Waals surface area contributed by atoms with E-state index in [0.29, 0.717) is 33.7 Å². The Morgan fingerprint density at radius 2 is 1.84 bits per heavy atom. The molecule has 0 saturated carbocycles. The van der Waals surface area contributed by atoms with Crippen LogP contribution in [-0.2, 0) is 6.67 Å². The van der Waals surface area contributed by atoms with Gasteiger partial charge in [-0.05, 0) is 18.6 Å². The second-order valence-electron chi connectivity index (χ2n) is 7.98. The molecule has 1 fully saturated rings. The molecular weight excluding hydrogens is 487 g/mol. The van der Waals surface area contributed by atoms with Gasteiger partial charge in [0, 0.05) is 32.0 Å². The molecular formula is C26H35BN6O3S. The van der Waals surface area contributed by atoms with Gasteiger partial charge in [0.1, 0.15) is 27.4 Å². The van der Waals surface area contributed by atoms with E-state index in [1.54, 1.807) is 12.4 Å². The normalized spacial score (nSPS) is 16.2. The molecule has 1 saturated heterocycles. The number of aromatic amines is 1. The van der Waals surface area contributed by atoms with Crippen LogP contribution in [0.25, 0.3) is 20.6 Å². The van der Waals surface area contributed by atoms with Crippen LogP contribution < -0.4 is 20.9 Å². The number of hydrogen-bond acceptors (Lipinski definition) is 8. The maximum Gasteiger partial charge on any atom is 0.330 e. The zero-order valence-corrected chi connectivity index (χ0v) is 23.3. The zero-order chi connectivity index (χ0) is 27.1. The van der Waals surface area contributed by atoms with Crippen molar-refractivity contribution in [1.29, 1.82) is 0 Å². The molecule has 1 aromatic carbocycles. The number of para-hydroxylation sites is 1. The Labute approximate surface area is 222 Å². The number of thiophene rings is 1. The molecule has 1 atom stereocenters. The first-order valence-electron chi connectivity index (χ1n) is 12.8.